The average molecular weight is 613 g/mol. The van der Waals surface area contributed by atoms with Gasteiger partial charge in [0.05, 0.1) is 22.8 Å². The number of ether oxygens (including phenoxy) is 1. The van der Waals surface area contributed by atoms with Crippen LogP contribution in [0.25, 0.3) is 0 Å². The highest BCUT2D eigenvalue weighted by Gasteiger charge is 2.24. The highest BCUT2D eigenvalue weighted by Crippen LogP contribution is 2.33. The van der Waals surface area contributed by atoms with Crippen molar-refractivity contribution >= 4 is 47.2 Å². The van der Waals surface area contributed by atoms with Crippen LogP contribution in [0.1, 0.15) is 36.2 Å². The number of carbonyl (C=O) groups excluding carboxylic acids is 1. The van der Waals surface area contributed by atoms with E-state index < -0.39 is 0 Å². The van der Waals surface area contributed by atoms with Crippen LogP contribution in [0.5, 0.6) is 5.75 Å². The Labute approximate surface area is 256 Å². The van der Waals surface area contributed by atoms with Gasteiger partial charge in [-0.25, -0.2) is 0 Å². The predicted molar refractivity (Wildman–Crippen MR) is 169 cm³/mol. The number of nitrogens with zero attached hydrogens (tertiary/aromatic N) is 5. The summed E-state index contributed by atoms with van der Waals surface area (Å²) in [7, 11) is 3.83. The molecule has 2 aromatic carbocycles. The Morgan fingerprint density at radius 3 is 2.35 bits per heavy atom. The van der Waals surface area contributed by atoms with E-state index in [1.807, 2.05) is 41.3 Å². The molecule has 2 aliphatic rings. The molecule has 0 bridgehead atoms. The molecule has 2 heterocycles. The highest BCUT2D eigenvalue weighted by molar-refractivity contribution is 6.43. The number of halogens is 3. The van der Waals surface area contributed by atoms with Crippen LogP contribution in [0.2, 0.25) is 10.0 Å². The number of hydrogen-bond donors (Lipinski definition) is 0. The van der Waals surface area contributed by atoms with Gasteiger partial charge in [0, 0.05) is 76.1 Å². The van der Waals surface area contributed by atoms with Gasteiger partial charge in [0.2, 0.25) is 0 Å². The Bertz CT molecular complexity index is 1100. The zero-order chi connectivity index (χ0) is 27.9. The summed E-state index contributed by atoms with van der Waals surface area (Å²) in [6.07, 6.45) is 1.09. The second-order valence-electron chi connectivity index (χ2n) is 10.9. The van der Waals surface area contributed by atoms with E-state index in [0.717, 1.165) is 95.4 Å². The van der Waals surface area contributed by atoms with E-state index in [-0.39, 0.29) is 18.3 Å². The minimum atomic E-state index is 0. The standard InChI is InChI=1S/C30H43Cl2N5O2.ClH/c1-23(2)35-17-19-37(20-18-35)30(38)24-9-10-25(28(21-24)39-4)22-33(3)11-6-12-34-13-15-36(16-14-34)27-8-5-7-26(31)29(27)32;/h5,7-10,21,23H,6,11-20,22H2,1-4H3;1H. The van der Waals surface area contributed by atoms with Crippen LogP contribution in [-0.2, 0) is 6.54 Å². The molecule has 0 unspecified atom stereocenters. The van der Waals surface area contributed by atoms with Crippen LogP contribution < -0.4 is 9.64 Å². The Morgan fingerprint density at radius 2 is 1.70 bits per heavy atom. The Hall–Kier alpha value is -1.74. The number of methoxy groups -OCH3 is 1. The number of carbonyl (C=O) groups is 1. The molecule has 2 fully saturated rings. The number of benzene rings is 2. The Morgan fingerprint density at radius 1 is 1.00 bits per heavy atom. The maximum absolute atomic E-state index is 13.1. The van der Waals surface area contributed by atoms with Crippen molar-refractivity contribution in [3.05, 3.63) is 57.6 Å². The quantitative estimate of drug-likeness (QED) is 0.366. The number of anilines is 1. The minimum absolute atomic E-state index is 0. The fourth-order valence-corrected chi connectivity index (χ4v) is 5.93. The van der Waals surface area contributed by atoms with Crippen LogP contribution in [0.15, 0.2) is 36.4 Å². The summed E-state index contributed by atoms with van der Waals surface area (Å²) in [5, 5.41) is 1.25. The van der Waals surface area contributed by atoms with E-state index in [1.165, 1.54) is 0 Å². The fraction of sp³-hybridized carbons (Fsp3) is 0.567. The maximum Gasteiger partial charge on any atom is 0.254 e. The van der Waals surface area contributed by atoms with Gasteiger partial charge in [0.1, 0.15) is 5.75 Å². The second kappa shape index (κ2) is 15.5. The molecule has 2 aliphatic heterocycles. The third-order valence-corrected chi connectivity index (χ3v) is 8.77. The molecule has 0 aliphatic carbocycles. The normalized spacial score (nSPS) is 16.9. The van der Waals surface area contributed by atoms with Gasteiger partial charge in [-0.15, -0.1) is 12.4 Å². The van der Waals surface area contributed by atoms with Gasteiger partial charge in [-0.1, -0.05) is 35.3 Å². The van der Waals surface area contributed by atoms with Gasteiger partial charge >= 0.3 is 0 Å². The molecular weight excluding hydrogens is 569 g/mol. The van der Waals surface area contributed by atoms with Gasteiger partial charge in [0.15, 0.2) is 0 Å². The Kier molecular flexibility index (Phi) is 12.7. The van der Waals surface area contributed by atoms with Crippen LogP contribution in [0.3, 0.4) is 0 Å². The number of rotatable bonds is 10. The van der Waals surface area contributed by atoms with E-state index in [0.29, 0.717) is 21.7 Å². The van der Waals surface area contributed by atoms with E-state index in [1.54, 1.807) is 7.11 Å². The third kappa shape index (κ3) is 8.40. The zero-order valence-corrected chi connectivity index (χ0v) is 26.6. The SMILES string of the molecule is COc1cc(C(=O)N2CCN(C(C)C)CC2)ccc1CN(C)CCCN1CCN(c2cccc(Cl)c2Cl)CC1.Cl. The van der Waals surface area contributed by atoms with Crippen molar-refractivity contribution in [2.24, 2.45) is 0 Å². The predicted octanol–water partition coefficient (Wildman–Crippen LogP) is 5.23. The van der Waals surface area contributed by atoms with Crippen molar-refractivity contribution in [2.75, 3.05) is 84.5 Å². The molecule has 7 nitrogen and oxygen atoms in total. The molecule has 40 heavy (non-hydrogen) atoms. The fourth-order valence-electron chi connectivity index (χ4n) is 5.52. The van der Waals surface area contributed by atoms with Gasteiger partial charge in [-0.05, 0) is 64.7 Å². The van der Waals surface area contributed by atoms with Gasteiger partial charge in [-0.2, -0.15) is 0 Å². The van der Waals surface area contributed by atoms with Gasteiger partial charge in [-0.3, -0.25) is 14.6 Å². The van der Waals surface area contributed by atoms with Gasteiger partial charge < -0.3 is 19.4 Å². The number of piperazine rings is 2. The molecular formula is C30H44Cl3N5O2. The maximum atomic E-state index is 13.1. The van der Waals surface area contributed by atoms with Crippen molar-refractivity contribution in [1.29, 1.82) is 0 Å². The summed E-state index contributed by atoms with van der Waals surface area (Å²) in [5.74, 6) is 0.874. The summed E-state index contributed by atoms with van der Waals surface area (Å²) in [6.45, 7) is 14.6. The zero-order valence-electron chi connectivity index (χ0n) is 24.2. The summed E-state index contributed by atoms with van der Waals surface area (Å²) < 4.78 is 5.70. The first-order valence-electron chi connectivity index (χ1n) is 14.1. The lowest BCUT2D eigenvalue weighted by atomic mass is 10.1. The van der Waals surface area contributed by atoms with Gasteiger partial charge in [0.25, 0.3) is 5.91 Å². The highest BCUT2D eigenvalue weighted by atomic mass is 35.5. The molecule has 0 atom stereocenters. The van der Waals surface area contributed by atoms with Crippen LogP contribution >= 0.6 is 35.6 Å². The molecule has 2 saturated heterocycles. The lowest BCUT2D eigenvalue weighted by Gasteiger charge is -2.37. The van der Waals surface area contributed by atoms with Crippen molar-refractivity contribution < 1.29 is 9.53 Å². The first kappa shape index (κ1) is 32.8. The minimum Gasteiger partial charge on any atom is -0.496 e. The van der Waals surface area contributed by atoms with E-state index >= 15 is 0 Å². The van der Waals surface area contributed by atoms with E-state index in [9.17, 15) is 4.79 Å². The molecule has 10 heteroatoms. The van der Waals surface area contributed by atoms with Crippen molar-refractivity contribution in [3.63, 3.8) is 0 Å². The Balaban J connectivity index is 0.00000441. The first-order chi connectivity index (χ1) is 18.8. The molecule has 1 amide bonds. The monoisotopic (exact) mass is 611 g/mol. The number of amides is 1. The van der Waals surface area contributed by atoms with Crippen molar-refractivity contribution in [3.8, 4) is 5.75 Å². The largest absolute Gasteiger partial charge is 0.496 e. The van der Waals surface area contributed by atoms with Crippen LogP contribution in [0, 0.1) is 0 Å². The molecule has 2 aromatic rings. The molecule has 0 spiro atoms. The summed E-state index contributed by atoms with van der Waals surface area (Å²) in [6, 6.07) is 12.3. The molecule has 0 N–H and O–H groups in total. The van der Waals surface area contributed by atoms with E-state index in [2.05, 4.69) is 40.5 Å². The van der Waals surface area contributed by atoms with E-state index in [4.69, 9.17) is 27.9 Å². The number of hydrogen-bond acceptors (Lipinski definition) is 6. The lowest BCUT2D eigenvalue weighted by molar-refractivity contribution is 0.0595. The molecule has 0 aromatic heterocycles. The molecule has 222 valence electrons. The van der Waals surface area contributed by atoms with Crippen LogP contribution in [-0.4, -0.2) is 111 Å². The smallest absolute Gasteiger partial charge is 0.254 e. The van der Waals surface area contributed by atoms with Crippen molar-refractivity contribution in [2.45, 2.75) is 32.9 Å². The topological polar surface area (TPSA) is 42.5 Å². The summed E-state index contributed by atoms with van der Waals surface area (Å²) >= 11 is 12.6. The molecule has 0 saturated carbocycles. The molecule has 4 rings (SSSR count). The lowest BCUT2D eigenvalue weighted by Crippen LogP contribution is -2.50. The van der Waals surface area contributed by atoms with Crippen LogP contribution in [0.4, 0.5) is 5.69 Å². The molecule has 0 radical (unpaired) electrons. The first-order valence-corrected chi connectivity index (χ1v) is 14.8. The third-order valence-electron chi connectivity index (χ3n) is 7.96. The van der Waals surface area contributed by atoms with Crippen molar-refractivity contribution in [1.82, 2.24) is 19.6 Å². The summed E-state index contributed by atoms with van der Waals surface area (Å²) in [5.41, 5.74) is 2.83. The summed E-state index contributed by atoms with van der Waals surface area (Å²) in [4.78, 5) is 24.7. The average Bonchev–Trinajstić information content (AvgIpc) is 2.95. The second-order valence-corrected chi connectivity index (χ2v) is 11.7.